The van der Waals surface area contributed by atoms with Crippen LogP contribution in [0.2, 0.25) is 0 Å². The summed E-state index contributed by atoms with van der Waals surface area (Å²) in [6.45, 7) is 0. The standard InChI is InChI=1S/C36H25BrN2/c37-28-22-27(23-32(25-28)38(29-12-4-1-5-13-29)30-14-6-2-7-15-30)26-20-21-36-34(24-26)33-18-10-11-19-35(33)39(36)31-16-8-3-9-17-31/h1-25H. The summed E-state index contributed by atoms with van der Waals surface area (Å²) in [5.41, 5.74) is 9.27. The summed E-state index contributed by atoms with van der Waals surface area (Å²) in [4.78, 5) is 2.30. The van der Waals surface area contributed by atoms with Crippen molar-refractivity contribution in [3.63, 3.8) is 0 Å². The molecule has 0 saturated heterocycles. The lowest BCUT2D eigenvalue weighted by atomic mass is 10.0. The van der Waals surface area contributed by atoms with Crippen molar-refractivity contribution in [2.75, 3.05) is 4.90 Å². The van der Waals surface area contributed by atoms with Gasteiger partial charge in [-0.15, -0.1) is 0 Å². The molecule has 0 aliphatic carbocycles. The number of benzene rings is 6. The molecule has 0 N–H and O–H groups in total. The fraction of sp³-hybridized carbons (Fsp3) is 0. The molecule has 0 fully saturated rings. The van der Waals surface area contributed by atoms with Gasteiger partial charge in [0, 0.05) is 38.0 Å². The summed E-state index contributed by atoms with van der Waals surface area (Å²) in [5.74, 6) is 0. The molecule has 0 radical (unpaired) electrons. The van der Waals surface area contributed by atoms with E-state index in [2.05, 4.69) is 177 Å². The van der Waals surface area contributed by atoms with E-state index in [1.54, 1.807) is 0 Å². The van der Waals surface area contributed by atoms with E-state index in [-0.39, 0.29) is 0 Å². The van der Waals surface area contributed by atoms with Gasteiger partial charge in [0.1, 0.15) is 0 Å². The summed E-state index contributed by atoms with van der Waals surface area (Å²) < 4.78 is 3.39. The zero-order chi connectivity index (χ0) is 26.2. The summed E-state index contributed by atoms with van der Waals surface area (Å²) >= 11 is 3.82. The summed E-state index contributed by atoms with van der Waals surface area (Å²) in [6.07, 6.45) is 0. The predicted octanol–water partition coefficient (Wildman–Crippen LogP) is 10.7. The van der Waals surface area contributed by atoms with Crippen LogP contribution in [0, 0.1) is 0 Å². The van der Waals surface area contributed by atoms with Crippen LogP contribution in [0.15, 0.2) is 156 Å². The molecule has 7 aromatic rings. The number of aromatic nitrogens is 1. The van der Waals surface area contributed by atoms with Gasteiger partial charge in [-0.2, -0.15) is 0 Å². The van der Waals surface area contributed by atoms with E-state index < -0.39 is 0 Å². The number of hydrogen-bond acceptors (Lipinski definition) is 1. The molecular formula is C36H25BrN2. The van der Waals surface area contributed by atoms with E-state index >= 15 is 0 Å². The second kappa shape index (κ2) is 9.94. The third-order valence-corrected chi connectivity index (χ3v) is 7.65. The van der Waals surface area contributed by atoms with Crippen molar-refractivity contribution in [3.8, 4) is 16.8 Å². The van der Waals surface area contributed by atoms with Crippen LogP contribution in [0.25, 0.3) is 38.6 Å². The minimum Gasteiger partial charge on any atom is -0.310 e. The molecule has 1 heterocycles. The first-order valence-corrected chi connectivity index (χ1v) is 13.9. The van der Waals surface area contributed by atoms with E-state index in [0.717, 1.165) is 27.1 Å². The molecule has 0 atom stereocenters. The van der Waals surface area contributed by atoms with Gasteiger partial charge in [-0.3, -0.25) is 0 Å². The third kappa shape index (κ3) is 4.31. The van der Waals surface area contributed by atoms with E-state index in [1.165, 1.54) is 33.1 Å². The number of nitrogens with zero attached hydrogens (tertiary/aromatic N) is 2. The predicted molar refractivity (Wildman–Crippen MR) is 169 cm³/mol. The number of hydrogen-bond donors (Lipinski definition) is 0. The highest BCUT2D eigenvalue weighted by Crippen LogP contribution is 2.40. The SMILES string of the molecule is Brc1cc(-c2ccc3c(c2)c2ccccc2n3-c2ccccc2)cc(N(c2ccccc2)c2ccccc2)c1. The zero-order valence-electron chi connectivity index (χ0n) is 21.2. The Hall–Kier alpha value is -4.60. The average molecular weight is 566 g/mol. The van der Waals surface area contributed by atoms with Crippen molar-refractivity contribution in [3.05, 3.63) is 156 Å². The Balaban J connectivity index is 1.41. The van der Waals surface area contributed by atoms with Crippen molar-refractivity contribution in [2.45, 2.75) is 0 Å². The fourth-order valence-corrected chi connectivity index (χ4v) is 5.96. The van der Waals surface area contributed by atoms with Crippen molar-refractivity contribution in [2.24, 2.45) is 0 Å². The molecule has 0 amide bonds. The second-order valence-electron chi connectivity index (χ2n) is 9.62. The molecule has 1 aromatic heterocycles. The molecule has 7 rings (SSSR count). The van der Waals surface area contributed by atoms with Gasteiger partial charge < -0.3 is 9.47 Å². The lowest BCUT2D eigenvalue weighted by Gasteiger charge is -2.26. The van der Waals surface area contributed by atoms with Gasteiger partial charge in [0.05, 0.1) is 11.0 Å². The largest absolute Gasteiger partial charge is 0.310 e. The van der Waals surface area contributed by atoms with Crippen LogP contribution in [-0.2, 0) is 0 Å². The Morgan fingerprint density at radius 2 is 1.03 bits per heavy atom. The zero-order valence-corrected chi connectivity index (χ0v) is 22.8. The van der Waals surface area contributed by atoms with Crippen LogP contribution in [0.5, 0.6) is 0 Å². The maximum atomic E-state index is 3.82. The second-order valence-corrected chi connectivity index (χ2v) is 10.5. The summed E-state index contributed by atoms with van der Waals surface area (Å²) in [7, 11) is 0. The molecule has 3 heteroatoms. The smallest absolute Gasteiger partial charge is 0.0541 e. The normalized spacial score (nSPS) is 11.2. The Bertz CT molecular complexity index is 1870. The molecule has 0 saturated carbocycles. The van der Waals surface area contributed by atoms with Crippen LogP contribution < -0.4 is 4.90 Å². The number of anilines is 3. The first-order valence-electron chi connectivity index (χ1n) is 13.1. The lowest BCUT2D eigenvalue weighted by molar-refractivity contribution is 1.18. The number of para-hydroxylation sites is 4. The van der Waals surface area contributed by atoms with Gasteiger partial charge in [-0.25, -0.2) is 0 Å². The highest BCUT2D eigenvalue weighted by atomic mass is 79.9. The summed E-state index contributed by atoms with van der Waals surface area (Å²) in [6, 6.07) is 53.8. The lowest BCUT2D eigenvalue weighted by Crippen LogP contribution is -2.09. The highest BCUT2D eigenvalue weighted by Gasteiger charge is 2.16. The Labute approximate surface area is 236 Å². The molecule has 186 valence electrons. The van der Waals surface area contributed by atoms with Crippen LogP contribution in [0.4, 0.5) is 17.1 Å². The molecular weight excluding hydrogens is 540 g/mol. The summed E-state index contributed by atoms with van der Waals surface area (Å²) in [5, 5.41) is 2.50. The molecule has 0 spiro atoms. The van der Waals surface area contributed by atoms with Crippen LogP contribution in [0.1, 0.15) is 0 Å². The maximum absolute atomic E-state index is 3.82. The molecule has 0 aliphatic rings. The van der Waals surface area contributed by atoms with Crippen LogP contribution in [-0.4, -0.2) is 4.57 Å². The number of halogens is 1. The van der Waals surface area contributed by atoms with Crippen LogP contribution >= 0.6 is 15.9 Å². The van der Waals surface area contributed by atoms with Gasteiger partial charge in [0.25, 0.3) is 0 Å². The van der Waals surface area contributed by atoms with E-state index in [4.69, 9.17) is 0 Å². The van der Waals surface area contributed by atoms with E-state index in [9.17, 15) is 0 Å². The Kier molecular flexibility index (Phi) is 5.99. The van der Waals surface area contributed by atoms with Crippen molar-refractivity contribution >= 4 is 54.8 Å². The third-order valence-electron chi connectivity index (χ3n) is 7.19. The topological polar surface area (TPSA) is 8.17 Å². The number of fused-ring (bicyclic) bond motifs is 3. The molecule has 39 heavy (non-hydrogen) atoms. The van der Waals surface area contributed by atoms with Gasteiger partial charge in [0.15, 0.2) is 0 Å². The molecule has 0 aliphatic heterocycles. The quantitative estimate of drug-likeness (QED) is 0.202. The first kappa shape index (κ1) is 23.5. The average Bonchev–Trinajstić information content (AvgIpc) is 3.32. The van der Waals surface area contributed by atoms with Gasteiger partial charge in [0.2, 0.25) is 0 Å². The Morgan fingerprint density at radius 3 is 1.72 bits per heavy atom. The Morgan fingerprint density at radius 1 is 0.436 bits per heavy atom. The highest BCUT2D eigenvalue weighted by molar-refractivity contribution is 9.10. The van der Waals surface area contributed by atoms with Gasteiger partial charge in [-0.1, -0.05) is 94.8 Å². The molecule has 6 aromatic carbocycles. The van der Waals surface area contributed by atoms with E-state index in [1.807, 2.05) is 0 Å². The van der Waals surface area contributed by atoms with E-state index in [0.29, 0.717) is 0 Å². The molecule has 0 unspecified atom stereocenters. The fourth-order valence-electron chi connectivity index (χ4n) is 5.48. The molecule has 0 bridgehead atoms. The van der Waals surface area contributed by atoms with Crippen molar-refractivity contribution in [1.82, 2.24) is 4.57 Å². The van der Waals surface area contributed by atoms with Crippen LogP contribution in [0.3, 0.4) is 0 Å². The van der Waals surface area contributed by atoms with Gasteiger partial charge >= 0.3 is 0 Å². The minimum atomic E-state index is 1.04. The van der Waals surface area contributed by atoms with Crippen molar-refractivity contribution in [1.29, 1.82) is 0 Å². The monoisotopic (exact) mass is 564 g/mol. The first-order chi connectivity index (χ1) is 19.3. The van der Waals surface area contributed by atoms with Crippen molar-refractivity contribution < 1.29 is 0 Å². The van der Waals surface area contributed by atoms with Gasteiger partial charge in [-0.05, 0) is 83.9 Å². The maximum Gasteiger partial charge on any atom is 0.0541 e. The minimum absolute atomic E-state index is 1.04. The number of rotatable bonds is 5. The molecule has 2 nitrogen and oxygen atoms in total.